The first-order chi connectivity index (χ1) is 17.3. The lowest BCUT2D eigenvalue weighted by Gasteiger charge is -2.33. The van der Waals surface area contributed by atoms with Gasteiger partial charge in [-0.25, -0.2) is 8.42 Å². The Hall–Kier alpha value is -1.71. The largest absolute Gasteiger partial charge is 0.352 e. The monoisotopic (exact) mass is 607 g/mol. The first kappa shape index (κ1) is 29.8. The van der Waals surface area contributed by atoms with Crippen molar-refractivity contribution in [3.63, 3.8) is 0 Å². The Morgan fingerprint density at radius 3 is 2.16 bits per heavy atom. The quantitative estimate of drug-likeness (QED) is 0.382. The molecule has 0 aliphatic heterocycles. The highest BCUT2D eigenvalue weighted by Crippen LogP contribution is 2.28. The van der Waals surface area contributed by atoms with Crippen LogP contribution in [0.15, 0.2) is 36.4 Å². The van der Waals surface area contributed by atoms with Gasteiger partial charge in [-0.2, -0.15) is 0 Å². The molecule has 2 amide bonds. The van der Waals surface area contributed by atoms with Gasteiger partial charge in [0.2, 0.25) is 21.8 Å². The van der Waals surface area contributed by atoms with E-state index in [9.17, 15) is 18.0 Å². The molecule has 0 saturated heterocycles. The number of anilines is 1. The maximum Gasteiger partial charge on any atom is 0.244 e. The van der Waals surface area contributed by atoms with Gasteiger partial charge in [0.15, 0.2) is 0 Å². The Bertz CT molecular complexity index is 1230. The molecule has 0 bridgehead atoms. The molecule has 1 fully saturated rings. The van der Waals surface area contributed by atoms with E-state index in [1.54, 1.807) is 25.1 Å². The second-order valence-electron chi connectivity index (χ2n) is 9.19. The number of rotatable bonds is 9. The lowest BCUT2D eigenvalue weighted by atomic mass is 9.95. The summed E-state index contributed by atoms with van der Waals surface area (Å²) in [5.74, 6) is -0.893. The number of carbonyl (C=O) groups is 2. The van der Waals surface area contributed by atoms with E-state index < -0.39 is 28.5 Å². The molecule has 3 rings (SSSR count). The molecule has 2 aromatic carbocycles. The van der Waals surface area contributed by atoms with E-state index in [1.165, 1.54) is 23.1 Å². The van der Waals surface area contributed by atoms with E-state index in [1.807, 2.05) is 0 Å². The molecule has 7 nitrogen and oxygen atoms in total. The van der Waals surface area contributed by atoms with Crippen molar-refractivity contribution in [1.82, 2.24) is 10.2 Å². The molecule has 1 atom stereocenters. The minimum atomic E-state index is -3.90. The Morgan fingerprint density at radius 1 is 0.973 bits per heavy atom. The van der Waals surface area contributed by atoms with Gasteiger partial charge in [0.1, 0.15) is 12.6 Å². The van der Waals surface area contributed by atoms with Crippen LogP contribution < -0.4 is 9.62 Å². The van der Waals surface area contributed by atoms with Gasteiger partial charge in [0.05, 0.1) is 22.0 Å². The molecule has 12 heteroatoms. The minimum absolute atomic E-state index is 0.0167. The molecular formula is C25H29Cl4N3O4S. The van der Waals surface area contributed by atoms with E-state index in [4.69, 9.17) is 46.4 Å². The Morgan fingerprint density at radius 2 is 1.59 bits per heavy atom. The molecule has 0 radical (unpaired) electrons. The second kappa shape index (κ2) is 12.9. The molecule has 1 aliphatic carbocycles. The number of nitrogens with zero attached hydrogens (tertiary/aromatic N) is 2. The molecular weight excluding hydrogens is 580 g/mol. The van der Waals surface area contributed by atoms with Gasteiger partial charge in [0, 0.05) is 22.6 Å². The third kappa shape index (κ3) is 8.39. The van der Waals surface area contributed by atoms with Crippen LogP contribution in [-0.2, 0) is 26.2 Å². The fraction of sp³-hybridized carbons (Fsp3) is 0.440. The van der Waals surface area contributed by atoms with E-state index in [2.05, 4.69) is 5.32 Å². The van der Waals surface area contributed by atoms with Crippen LogP contribution in [0.25, 0.3) is 0 Å². The molecule has 0 heterocycles. The SMILES string of the molecule is CC(C(=O)NC1CCCCC1)N(Cc1ccc(Cl)c(Cl)c1)C(=O)CN(c1cc(Cl)cc(Cl)c1)S(C)(=O)=O. The zero-order valence-electron chi connectivity index (χ0n) is 20.5. The van der Waals surface area contributed by atoms with Gasteiger partial charge >= 0.3 is 0 Å². The molecule has 1 saturated carbocycles. The van der Waals surface area contributed by atoms with Crippen LogP contribution >= 0.6 is 46.4 Å². The summed E-state index contributed by atoms with van der Waals surface area (Å²) >= 11 is 24.4. The number of hydrogen-bond acceptors (Lipinski definition) is 4. The van der Waals surface area contributed by atoms with Crippen molar-refractivity contribution >= 4 is 73.9 Å². The number of sulfonamides is 1. The van der Waals surface area contributed by atoms with Crippen LogP contribution in [0.4, 0.5) is 5.69 Å². The van der Waals surface area contributed by atoms with Crippen LogP contribution in [0.2, 0.25) is 20.1 Å². The normalized spacial score (nSPS) is 15.2. The highest BCUT2D eigenvalue weighted by Gasteiger charge is 2.31. The fourth-order valence-corrected chi connectivity index (χ4v) is 5.95. The smallest absolute Gasteiger partial charge is 0.244 e. The Balaban J connectivity index is 1.91. The molecule has 2 aromatic rings. The molecule has 37 heavy (non-hydrogen) atoms. The van der Waals surface area contributed by atoms with Gasteiger partial charge in [-0.15, -0.1) is 0 Å². The van der Waals surface area contributed by atoms with Crippen LogP contribution in [0, 0.1) is 0 Å². The standard InChI is InChI=1S/C25H29Cl4N3O4S/c1-16(25(34)30-20-6-4-3-5-7-20)31(14-17-8-9-22(28)23(29)10-17)24(33)15-32(37(2,35)36)21-12-18(26)11-19(27)13-21/h8-13,16,20H,3-7,14-15H2,1-2H3,(H,30,34). The molecule has 0 aromatic heterocycles. The van der Waals surface area contributed by atoms with Gasteiger partial charge < -0.3 is 10.2 Å². The zero-order valence-corrected chi connectivity index (χ0v) is 24.4. The zero-order chi connectivity index (χ0) is 27.3. The number of amides is 2. The maximum atomic E-state index is 13.7. The lowest BCUT2D eigenvalue weighted by molar-refractivity contribution is -0.139. The van der Waals surface area contributed by atoms with Gasteiger partial charge in [-0.05, 0) is 55.7 Å². The molecule has 1 aliphatic rings. The summed E-state index contributed by atoms with van der Waals surface area (Å²) in [6.07, 6.45) is 5.97. The predicted molar refractivity (Wildman–Crippen MR) is 150 cm³/mol. The topological polar surface area (TPSA) is 86.8 Å². The second-order valence-corrected chi connectivity index (χ2v) is 12.8. The fourth-order valence-electron chi connectivity index (χ4n) is 4.28. The number of halogens is 4. The van der Waals surface area contributed by atoms with E-state index >= 15 is 0 Å². The van der Waals surface area contributed by atoms with Gasteiger partial charge in [-0.1, -0.05) is 71.7 Å². The summed E-state index contributed by atoms with van der Waals surface area (Å²) in [6.45, 7) is 1.08. The van der Waals surface area contributed by atoms with Crippen molar-refractivity contribution in [2.45, 2.75) is 57.7 Å². The molecule has 1 N–H and O–H groups in total. The number of benzene rings is 2. The van der Waals surface area contributed by atoms with E-state index in [0.29, 0.717) is 15.6 Å². The third-order valence-corrected chi connectivity index (χ3v) is 8.59. The predicted octanol–water partition coefficient (Wildman–Crippen LogP) is 5.93. The minimum Gasteiger partial charge on any atom is -0.352 e. The Labute approximate surface area is 238 Å². The van der Waals surface area contributed by atoms with Gasteiger partial charge in [-0.3, -0.25) is 13.9 Å². The first-order valence-electron chi connectivity index (χ1n) is 11.8. The number of nitrogens with one attached hydrogen (secondary N) is 1. The average Bonchev–Trinajstić information content (AvgIpc) is 2.81. The summed E-state index contributed by atoms with van der Waals surface area (Å²) in [7, 11) is -3.90. The van der Waals surface area contributed by atoms with Crippen molar-refractivity contribution in [3.05, 3.63) is 62.1 Å². The van der Waals surface area contributed by atoms with Crippen molar-refractivity contribution in [2.24, 2.45) is 0 Å². The summed E-state index contributed by atoms with van der Waals surface area (Å²) in [5, 5.41) is 4.14. The van der Waals surface area contributed by atoms with Crippen molar-refractivity contribution < 1.29 is 18.0 Å². The third-order valence-electron chi connectivity index (χ3n) is 6.27. The highest BCUT2D eigenvalue weighted by molar-refractivity contribution is 7.92. The van der Waals surface area contributed by atoms with Crippen LogP contribution in [0.1, 0.15) is 44.6 Å². The molecule has 1 unspecified atom stereocenters. The summed E-state index contributed by atoms with van der Waals surface area (Å²) in [4.78, 5) is 28.2. The van der Waals surface area contributed by atoms with E-state index in [-0.39, 0.29) is 34.2 Å². The van der Waals surface area contributed by atoms with Crippen LogP contribution in [0.5, 0.6) is 0 Å². The van der Waals surface area contributed by atoms with Crippen LogP contribution in [0.3, 0.4) is 0 Å². The van der Waals surface area contributed by atoms with Crippen molar-refractivity contribution in [3.8, 4) is 0 Å². The Kier molecular flexibility index (Phi) is 10.4. The summed E-state index contributed by atoms with van der Waals surface area (Å²) < 4.78 is 26.3. The van der Waals surface area contributed by atoms with Gasteiger partial charge in [0.25, 0.3) is 0 Å². The maximum absolute atomic E-state index is 13.7. The first-order valence-corrected chi connectivity index (χ1v) is 15.2. The average molecular weight is 609 g/mol. The highest BCUT2D eigenvalue weighted by atomic mass is 35.5. The van der Waals surface area contributed by atoms with E-state index in [0.717, 1.165) is 42.7 Å². The molecule has 0 spiro atoms. The van der Waals surface area contributed by atoms with Crippen LogP contribution in [-0.4, -0.2) is 50.0 Å². The van der Waals surface area contributed by atoms with Crippen molar-refractivity contribution in [2.75, 3.05) is 17.1 Å². The molecule has 202 valence electrons. The number of hydrogen-bond donors (Lipinski definition) is 1. The summed E-state index contributed by atoms with van der Waals surface area (Å²) in [5.41, 5.74) is 0.777. The number of carbonyl (C=O) groups excluding carboxylic acids is 2. The lowest BCUT2D eigenvalue weighted by Crippen LogP contribution is -2.53. The summed E-state index contributed by atoms with van der Waals surface area (Å²) in [6, 6.07) is 8.36. The van der Waals surface area contributed by atoms with Crippen molar-refractivity contribution in [1.29, 1.82) is 0 Å².